The Balaban J connectivity index is 1.94. The number of hydrogen-bond acceptors (Lipinski definition) is 6. The summed E-state index contributed by atoms with van der Waals surface area (Å²) < 4.78 is 4.32. The van der Waals surface area contributed by atoms with Crippen LogP contribution in [0.1, 0.15) is 19.2 Å². The van der Waals surface area contributed by atoms with Gasteiger partial charge in [-0.05, 0) is 13.5 Å². The second-order valence-corrected chi connectivity index (χ2v) is 5.33. The van der Waals surface area contributed by atoms with Crippen molar-refractivity contribution in [3.05, 3.63) is 5.82 Å². The highest BCUT2D eigenvalue weighted by Gasteiger charge is 2.20. The maximum absolute atomic E-state index is 11.9. The molecule has 0 spiro atoms. The first-order valence-electron chi connectivity index (χ1n) is 6.74. The molecule has 0 saturated carbocycles. The molecule has 1 aliphatic rings. The van der Waals surface area contributed by atoms with Crippen LogP contribution in [0, 0.1) is 0 Å². The summed E-state index contributed by atoms with van der Waals surface area (Å²) in [6, 6.07) is 0. The summed E-state index contributed by atoms with van der Waals surface area (Å²) in [6.07, 6.45) is 1.85. The summed E-state index contributed by atoms with van der Waals surface area (Å²) in [6.45, 7) is 5.86. The van der Waals surface area contributed by atoms with E-state index in [-0.39, 0.29) is 5.91 Å². The van der Waals surface area contributed by atoms with E-state index in [1.165, 1.54) is 11.5 Å². The standard InChI is InChI=1S/C12H21N5OS/c1-3-10-14-12(19-15-10)17-6-4-5-16(7-8-17)11(18)9-13-2/h13H,3-9H2,1-2H3. The summed E-state index contributed by atoms with van der Waals surface area (Å²) in [5.74, 6) is 1.09. The maximum atomic E-state index is 11.9. The minimum Gasteiger partial charge on any atom is -0.345 e. The molecule has 19 heavy (non-hydrogen) atoms. The van der Waals surface area contributed by atoms with E-state index >= 15 is 0 Å². The van der Waals surface area contributed by atoms with Gasteiger partial charge in [0.1, 0.15) is 5.82 Å². The third-order valence-corrected chi connectivity index (χ3v) is 4.04. The third-order valence-electron chi connectivity index (χ3n) is 3.22. The fourth-order valence-corrected chi connectivity index (χ4v) is 2.94. The monoisotopic (exact) mass is 283 g/mol. The van der Waals surface area contributed by atoms with Crippen LogP contribution in [0.5, 0.6) is 0 Å². The zero-order chi connectivity index (χ0) is 13.7. The van der Waals surface area contributed by atoms with E-state index in [0.717, 1.165) is 50.0 Å². The van der Waals surface area contributed by atoms with Crippen LogP contribution in [0.3, 0.4) is 0 Å². The van der Waals surface area contributed by atoms with Gasteiger partial charge in [-0.25, -0.2) is 4.98 Å². The van der Waals surface area contributed by atoms with Gasteiger partial charge in [0, 0.05) is 44.1 Å². The molecule has 1 fully saturated rings. The Morgan fingerprint density at radius 2 is 2.21 bits per heavy atom. The lowest BCUT2D eigenvalue weighted by molar-refractivity contribution is -0.129. The number of likely N-dealkylation sites (N-methyl/N-ethyl adjacent to an activating group) is 1. The minimum absolute atomic E-state index is 0.177. The topological polar surface area (TPSA) is 61.4 Å². The van der Waals surface area contributed by atoms with Gasteiger partial charge in [0.15, 0.2) is 0 Å². The highest BCUT2D eigenvalue weighted by molar-refractivity contribution is 7.09. The molecule has 0 atom stereocenters. The van der Waals surface area contributed by atoms with Gasteiger partial charge in [-0.1, -0.05) is 6.92 Å². The Hall–Kier alpha value is -1.21. The predicted octanol–water partition coefficient (Wildman–Crippen LogP) is 0.359. The number of carbonyl (C=O) groups is 1. The lowest BCUT2D eigenvalue weighted by Crippen LogP contribution is -2.39. The van der Waals surface area contributed by atoms with Crippen molar-refractivity contribution in [1.29, 1.82) is 0 Å². The molecule has 1 amide bonds. The summed E-state index contributed by atoms with van der Waals surface area (Å²) in [4.78, 5) is 20.6. The Bertz CT molecular complexity index is 422. The quantitative estimate of drug-likeness (QED) is 0.864. The molecule has 2 heterocycles. The molecule has 7 heteroatoms. The molecule has 0 radical (unpaired) electrons. The number of aromatic nitrogens is 2. The minimum atomic E-state index is 0.177. The zero-order valence-corrected chi connectivity index (χ0v) is 12.4. The van der Waals surface area contributed by atoms with Gasteiger partial charge >= 0.3 is 0 Å². The largest absolute Gasteiger partial charge is 0.345 e. The molecule has 2 rings (SSSR count). The molecule has 1 aromatic rings. The molecule has 1 N–H and O–H groups in total. The molecule has 1 saturated heterocycles. The smallest absolute Gasteiger partial charge is 0.236 e. The van der Waals surface area contributed by atoms with Gasteiger partial charge in [0.25, 0.3) is 0 Å². The highest BCUT2D eigenvalue weighted by atomic mass is 32.1. The molecule has 1 aromatic heterocycles. The predicted molar refractivity (Wildman–Crippen MR) is 76.6 cm³/mol. The Morgan fingerprint density at radius 1 is 1.37 bits per heavy atom. The van der Waals surface area contributed by atoms with Crippen molar-refractivity contribution in [2.45, 2.75) is 19.8 Å². The fraction of sp³-hybridized carbons (Fsp3) is 0.750. The Kier molecular flexibility index (Phi) is 5.09. The average Bonchev–Trinajstić information content (AvgIpc) is 2.76. The van der Waals surface area contributed by atoms with E-state index < -0.39 is 0 Å². The first-order valence-corrected chi connectivity index (χ1v) is 7.51. The number of nitrogens with one attached hydrogen (secondary N) is 1. The van der Waals surface area contributed by atoms with Gasteiger partial charge in [-0.15, -0.1) is 0 Å². The molecular weight excluding hydrogens is 262 g/mol. The lowest BCUT2D eigenvalue weighted by Gasteiger charge is -2.21. The first kappa shape index (κ1) is 14.2. The molecule has 0 unspecified atom stereocenters. The Morgan fingerprint density at radius 3 is 2.89 bits per heavy atom. The molecule has 6 nitrogen and oxygen atoms in total. The van der Waals surface area contributed by atoms with Crippen LogP contribution < -0.4 is 10.2 Å². The number of rotatable bonds is 4. The van der Waals surface area contributed by atoms with Crippen LogP contribution in [-0.2, 0) is 11.2 Å². The number of hydrogen-bond donors (Lipinski definition) is 1. The Labute approximate surface area is 118 Å². The van der Waals surface area contributed by atoms with E-state index in [1.807, 2.05) is 4.90 Å². The third kappa shape index (κ3) is 3.63. The van der Waals surface area contributed by atoms with E-state index in [0.29, 0.717) is 6.54 Å². The number of anilines is 1. The van der Waals surface area contributed by atoms with Crippen molar-refractivity contribution < 1.29 is 4.79 Å². The van der Waals surface area contributed by atoms with Gasteiger partial charge in [-0.2, -0.15) is 4.37 Å². The molecule has 1 aliphatic heterocycles. The molecule has 106 valence electrons. The van der Waals surface area contributed by atoms with Gasteiger partial charge in [-0.3, -0.25) is 4.79 Å². The number of amides is 1. The summed E-state index contributed by atoms with van der Waals surface area (Å²) in [7, 11) is 1.80. The van der Waals surface area contributed by atoms with E-state index in [9.17, 15) is 4.79 Å². The van der Waals surface area contributed by atoms with E-state index in [1.54, 1.807) is 7.05 Å². The van der Waals surface area contributed by atoms with Crippen molar-refractivity contribution in [2.24, 2.45) is 0 Å². The highest BCUT2D eigenvalue weighted by Crippen LogP contribution is 2.19. The lowest BCUT2D eigenvalue weighted by atomic mass is 10.4. The van der Waals surface area contributed by atoms with Gasteiger partial charge in [0.05, 0.1) is 6.54 Å². The van der Waals surface area contributed by atoms with Crippen molar-refractivity contribution in [1.82, 2.24) is 19.6 Å². The first-order chi connectivity index (χ1) is 9.24. The summed E-state index contributed by atoms with van der Waals surface area (Å²) >= 11 is 1.46. The average molecular weight is 283 g/mol. The van der Waals surface area contributed by atoms with Crippen molar-refractivity contribution in [3.63, 3.8) is 0 Å². The maximum Gasteiger partial charge on any atom is 0.236 e. The second-order valence-electron chi connectivity index (χ2n) is 4.60. The van der Waals surface area contributed by atoms with E-state index in [4.69, 9.17) is 0 Å². The number of aryl methyl sites for hydroxylation is 1. The second kappa shape index (κ2) is 6.81. The molecule has 0 bridgehead atoms. The van der Waals surface area contributed by atoms with Crippen LogP contribution in [0.15, 0.2) is 0 Å². The van der Waals surface area contributed by atoms with Crippen LogP contribution in [0.25, 0.3) is 0 Å². The van der Waals surface area contributed by atoms with Gasteiger partial charge < -0.3 is 15.1 Å². The SMILES string of the molecule is CCc1nsc(N2CCCN(C(=O)CNC)CC2)n1. The molecule has 0 aliphatic carbocycles. The van der Waals surface area contributed by atoms with Crippen molar-refractivity contribution >= 4 is 22.6 Å². The normalized spacial score (nSPS) is 16.5. The number of nitrogens with zero attached hydrogens (tertiary/aromatic N) is 4. The summed E-state index contributed by atoms with van der Waals surface area (Å²) in [5, 5.41) is 3.90. The van der Waals surface area contributed by atoms with Crippen LogP contribution in [0.2, 0.25) is 0 Å². The van der Waals surface area contributed by atoms with E-state index in [2.05, 4.69) is 26.5 Å². The van der Waals surface area contributed by atoms with Crippen molar-refractivity contribution in [2.75, 3.05) is 44.7 Å². The van der Waals surface area contributed by atoms with Crippen LogP contribution in [0.4, 0.5) is 5.13 Å². The molecular formula is C12H21N5OS. The number of carbonyl (C=O) groups excluding carboxylic acids is 1. The zero-order valence-electron chi connectivity index (χ0n) is 11.6. The van der Waals surface area contributed by atoms with Gasteiger partial charge in [0.2, 0.25) is 11.0 Å². The molecule has 0 aromatic carbocycles. The van der Waals surface area contributed by atoms with Crippen molar-refractivity contribution in [3.8, 4) is 0 Å². The van der Waals surface area contributed by atoms with Crippen LogP contribution in [-0.4, -0.2) is 59.9 Å². The summed E-state index contributed by atoms with van der Waals surface area (Å²) in [5.41, 5.74) is 0. The fourth-order valence-electron chi connectivity index (χ4n) is 2.14. The van der Waals surface area contributed by atoms with Crippen LogP contribution >= 0.6 is 11.5 Å².